The van der Waals surface area contributed by atoms with Gasteiger partial charge >= 0.3 is 0 Å². The normalized spacial score (nSPS) is 14.7. The van der Waals surface area contributed by atoms with Gasteiger partial charge in [0.05, 0.1) is 18.3 Å². The summed E-state index contributed by atoms with van der Waals surface area (Å²) in [6.45, 7) is 1.68. The Morgan fingerprint density at radius 2 is 2.13 bits per heavy atom. The lowest BCUT2D eigenvalue weighted by atomic mass is 10.1. The summed E-state index contributed by atoms with van der Waals surface area (Å²) in [6, 6.07) is 3.85. The molecule has 0 bridgehead atoms. The van der Waals surface area contributed by atoms with E-state index in [0.29, 0.717) is 17.8 Å². The van der Waals surface area contributed by atoms with Crippen LogP contribution in [0, 0.1) is 0 Å². The third-order valence-corrected chi connectivity index (χ3v) is 4.85. The summed E-state index contributed by atoms with van der Waals surface area (Å²) >= 11 is 1.55. The van der Waals surface area contributed by atoms with Gasteiger partial charge in [-0.25, -0.2) is 4.68 Å². The van der Waals surface area contributed by atoms with E-state index in [1.54, 1.807) is 24.6 Å². The van der Waals surface area contributed by atoms with Gasteiger partial charge < -0.3 is 10.2 Å². The Labute approximate surface area is 138 Å². The van der Waals surface area contributed by atoms with E-state index in [1.165, 1.54) is 11.1 Å². The van der Waals surface area contributed by atoms with Crippen LogP contribution in [0.2, 0.25) is 0 Å². The van der Waals surface area contributed by atoms with Gasteiger partial charge in [-0.3, -0.25) is 9.59 Å². The Hall–Kier alpha value is -2.15. The Balaban J connectivity index is 1.84. The van der Waals surface area contributed by atoms with Gasteiger partial charge in [-0.2, -0.15) is 5.10 Å². The Kier molecular flexibility index (Phi) is 4.76. The average molecular weight is 332 g/mol. The summed E-state index contributed by atoms with van der Waals surface area (Å²) in [4.78, 5) is 27.8. The number of hydrogen-bond donors (Lipinski definition) is 1. The van der Waals surface area contributed by atoms with Crippen LogP contribution in [0.15, 0.2) is 28.5 Å². The van der Waals surface area contributed by atoms with Crippen molar-refractivity contribution in [2.45, 2.75) is 25.7 Å². The van der Waals surface area contributed by atoms with Crippen molar-refractivity contribution in [3.05, 3.63) is 38.9 Å². The van der Waals surface area contributed by atoms with E-state index in [0.717, 1.165) is 30.8 Å². The third kappa shape index (κ3) is 3.61. The molecule has 1 saturated heterocycles. The summed E-state index contributed by atoms with van der Waals surface area (Å²) in [6.07, 6.45) is 5.19. The van der Waals surface area contributed by atoms with E-state index >= 15 is 0 Å². The van der Waals surface area contributed by atoms with Crippen LogP contribution >= 0.6 is 11.3 Å². The van der Waals surface area contributed by atoms with Gasteiger partial charge in [0.2, 0.25) is 5.91 Å². The number of rotatable bonds is 4. The first-order valence-corrected chi connectivity index (χ1v) is 8.66. The van der Waals surface area contributed by atoms with Crippen LogP contribution in [0.1, 0.15) is 24.1 Å². The topological polar surface area (TPSA) is 67.2 Å². The molecule has 0 aromatic carbocycles. The van der Waals surface area contributed by atoms with Crippen LogP contribution in [-0.2, 0) is 18.3 Å². The molecule has 1 aliphatic heterocycles. The molecule has 1 fully saturated rings. The zero-order valence-electron chi connectivity index (χ0n) is 13.1. The van der Waals surface area contributed by atoms with E-state index in [4.69, 9.17) is 0 Å². The second-order valence-electron chi connectivity index (χ2n) is 5.69. The predicted octanol–water partition coefficient (Wildman–Crippen LogP) is 2.01. The van der Waals surface area contributed by atoms with Crippen molar-refractivity contribution < 1.29 is 4.79 Å². The number of aromatic nitrogens is 2. The van der Waals surface area contributed by atoms with Crippen LogP contribution in [0.5, 0.6) is 0 Å². The van der Waals surface area contributed by atoms with Crippen LogP contribution < -0.4 is 15.8 Å². The highest BCUT2D eigenvalue weighted by atomic mass is 32.1. The van der Waals surface area contributed by atoms with E-state index in [2.05, 4.69) is 15.3 Å². The molecule has 1 N–H and O–H groups in total. The number of carbonyl (C=O) groups is 1. The number of thiophene rings is 1. The van der Waals surface area contributed by atoms with Crippen LogP contribution in [-0.4, -0.2) is 28.8 Å². The monoisotopic (exact) mass is 332 g/mol. The van der Waals surface area contributed by atoms with Gasteiger partial charge in [0.25, 0.3) is 5.56 Å². The van der Waals surface area contributed by atoms with E-state index in [9.17, 15) is 9.59 Å². The zero-order chi connectivity index (χ0) is 16.2. The lowest BCUT2D eigenvalue weighted by molar-refractivity contribution is -0.115. The second-order valence-corrected chi connectivity index (χ2v) is 6.72. The molecule has 1 amide bonds. The van der Waals surface area contributed by atoms with Gasteiger partial charge in [0.15, 0.2) is 0 Å². The number of hydrogen-bond acceptors (Lipinski definition) is 5. The van der Waals surface area contributed by atoms with E-state index in [1.807, 2.05) is 17.5 Å². The van der Waals surface area contributed by atoms with Crippen LogP contribution in [0.4, 0.5) is 11.4 Å². The van der Waals surface area contributed by atoms with Gasteiger partial charge in [0, 0.05) is 25.0 Å². The molecule has 0 atom stereocenters. The fourth-order valence-electron chi connectivity index (χ4n) is 2.81. The molecule has 23 heavy (non-hydrogen) atoms. The maximum absolute atomic E-state index is 12.5. The molecule has 7 heteroatoms. The molecule has 0 radical (unpaired) electrons. The van der Waals surface area contributed by atoms with Gasteiger partial charge in [-0.15, -0.1) is 11.3 Å². The molecule has 3 heterocycles. The van der Waals surface area contributed by atoms with Crippen molar-refractivity contribution in [2.75, 3.05) is 23.3 Å². The highest BCUT2D eigenvalue weighted by Gasteiger charge is 2.20. The molecule has 0 unspecified atom stereocenters. The van der Waals surface area contributed by atoms with E-state index in [-0.39, 0.29) is 11.5 Å². The smallest absolute Gasteiger partial charge is 0.292 e. The van der Waals surface area contributed by atoms with Gasteiger partial charge in [-0.1, -0.05) is 6.07 Å². The maximum atomic E-state index is 12.5. The average Bonchev–Trinajstić information content (AvgIpc) is 3.05. The summed E-state index contributed by atoms with van der Waals surface area (Å²) in [5.74, 6) is -0.124. The lowest BCUT2D eigenvalue weighted by Crippen LogP contribution is -2.37. The Morgan fingerprint density at radius 3 is 2.83 bits per heavy atom. The molecule has 0 saturated carbocycles. The first-order chi connectivity index (χ1) is 11.1. The van der Waals surface area contributed by atoms with Crippen molar-refractivity contribution >= 4 is 28.6 Å². The molecule has 2 aromatic rings. The number of anilines is 2. The summed E-state index contributed by atoms with van der Waals surface area (Å²) in [5, 5.41) is 8.86. The number of nitrogens with zero attached hydrogens (tertiary/aromatic N) is 3. The largest absolute Gasteiger partial charge is 0.365 e. The summed E-state index contributed by atoms with van der Waals surface area (Å²) < 4.78 is 1.32. The second kappa shape index (κ2) is 6.95. The quantitative estimate of drug-likeness (QED) is 0.930. The summed E-state index contributed by atoms with van der Waals surface area (Å²) in [5.41, 5.74) is 0.902. The fourth-order valence-corrected chi connectivity index (χ4v) is 3.51. The van der Waals surface area contributed by atoms with Crippen molar-refractivity contribution in [3.8, 4) is 0 Å². The highest BCUT2D eigenvalue weighted by molar-refractivity contribution is 7.10. The molecule has 122 valence electrons. The minimum absolute atomic E-state index is 0.124. The van der Waals surface area contributed by atoms with E-state index < -0.39 is 0 Å². The standard InChI is InChI=1S/C16H20N4O2S/c1-19-16(22)15(20-7-3-2-4-8-20)13(11-17-19)18-14(21)10-12-6-5-9-23-12/h5-6,9,11H,2-4,7-8,10H2,1H3,(H,18,21). The number of amides is 1. The number of carbonyl (C=O) groups excluding carboxylic acids is 1. The molecule has 0 aliphatic carbocycles. The van der Waals surface area contributed by atoms with Crippen molar-refractivity contribution in [3.63, 3.8) is 0 Å². The molecule has 2 aromatic heterocycles. The number of aryl methyl sites for hydroxylation is 1. The minimum atomic E-state index is -0.166. The number of nitrogens with one attached hydrogen (secondary N) is 1. The first-order valence-electron chi connectivity index (χ1n) is 7.78. The first kappa shape index (κ1) is 15.7. The van der Waals surface area contributed by atoms with Gasteiger partial charge in [0.1, 0.15) is 5.69 Å². The highest BCUT2D eigenvalue weighted by Crippen LogP contribution is 2.24. The maximum Gasteiger partial charge on any atom is 0.292 e. The van der Waals surface area contributed by atoms with Gasteiger partial charge in [-0.05, 0) is 30.7 Å². The molecular weight excluding hydrogens is 312 g/mol. The van der Waals surface area contributed by atoms with Crippen molar-refractivity contribution in [1.82, 2.24) is 9.78 Å². The molecule has 0 spiro atoms. The summed E-state index contributed by atoms with van der Waals surface area (Å²) in [7, 11) is 1.63. The van der Waals surface area contributed by atoms with Crippen LogP contribution in [0.25, 0.3) is 0 Å². The predicted molar refractivity (Wildman–Crippen MR) is 92.2 cm³/mol. The minimum Gasteiger partial charge on any atom is -0.365 e. The van der Waals surface area contributed by atoms with Crippen molar-refractivity contribution in [2.24, 2.45) is 7.05 Å². The zero-order valence-corrected chi connectivity index (χ0v) is 13.9. The van der Waals surface area contributed by atoms with Crippen LogP contribution in [0.3, 0.4) is 0 Å². The number of piperidine rings is 1. The Bertz CT molecular complexity index is 733. The van der Waals surface area contributed by atoms with Crippen molar-refractivity contribution in [1.29, 1.82) is 0 Å². The molecule has 6 nitrogen and oxygen atoms in total. The Morgan fingerprint density at radius 1 is 1.35 bits per heavy atom. The lowest BCUT2D eigenvalue weighted by Gasteiger charge is -2.29. The molecule has 3 rings (SSSR count). The third-order valence-electron chi connectivity index (χ3n) is 3.97. The molecule has 1 aliphatic rings. The molecular formula is C16H20N4O2S. The fraction of sp³-hybridized carbons (Fsp3) is 0.438. The SMILES string of the molecule is Cn1ncc(NC(=O)Cc2cccs2)c(N2CCCCC2)c1=O.